The van der Waals surface area contributed by atoms with Crippen molar-refractivity contribution in [1.29, 1.82) is 0 Å². The summed E-state index contributed by atoms with van der Waals surface area (Å²) in [7, 11) is 0. The Morgan fingerprint density at radius 3 is 2.83 bits per heavy atom. The van der Waals surface area contributed by atoms with E-state index in [0.29, 0.717) is 5.15 Å². The van der Waals surface area contributed by atoms with Gasteiger partial charge in [-0.3, -0.25) is 0 Å². The molecule has 0 spiro atoms. The predicted molar refractivity (Wildman–Crippen MR) is 97.6 cm³/mol. The zero-order chi connectivity index (χ0) is 16.0. The van der Waals surface area contributed by atoms with Crippen LogP contribution >= 0.6 is 22.9 Å². The summed E-state index contributed by atoms with van der Waals surface area (Å²) in [4.78, 5) is 5.78. The maximum atomic E-state index is 6.43. The molecule has 0 aliphatic carbocycles. The first kappa shape index (κ1) is 14.7. The Morgan fingerprint density at radius 1 is 1.17 bits per heavy atom. The van der Waals surface area contributed by atoms with Gasteiger partial charge in [-0.1, -0.05) is 23.7 Å². The van der Waals surface area contributed by atoms with Gasteiger partial charge in [0.1, 0.15) is 5.15 Å². The van der Waals surface area contributed by atoms with E-state index in [-0.39, 0.29) is 6.04 Å². The molecular formula is C18H16ClN3S. The maximum Gasteiger partial charge on any atom is 0.135 e. The van der Waals surface area contributed by atoms with Crippen LogP contribution in [0.1, 0.15) is 34.0 Å². The van der Waals surface area contributed by atoms with E-state index in [2.05, 4.69) is 65.1 Å². The van der Waals surface area contributed by atoms with Crippen LogP contribution in [0.3, 0.4) is 0 Å². The topological polar surface area (TPSA) is 37.3 Å². The number of hydrogen-bond donors (Lipinski definition) is 1. The molecule has 4 rings (SSSR count). The van der Waals surface area contributed by atoms with Crippen LogP contribution in [0, 0.1) is 13.8 Å². The molecule has 3 aromatic rings. The minimum Gasteiger partial charge on any atom is -0.302 e. The zero-order valence-electron chi connectivity index (χ0n) is 12.9. The molecule has 23 heavy (non-hydrogen) atoms. The van der Waals surface area contributed by atoms with Crippen molar-refractivity contribution in [1.82, 2.24) is 10.4 Å². The molecule has 2 aromatic heterocycles. The van der Waals surface area contributed by atoms with E-state index in [4.69, 9.17) is 11.6 Å². The summed E-state index contributed by atoms with van der Waals surface area (Å²) >= 11 is 8.17. The molecule has 0 amide bonds. The van der Waals surface area contributed by atoms with Crippen molar-refractivity contribution in [2.45, 2.75) is 26.3 Å². The van der Waals surface area contributed by atoms with Gasteiger partial charge in [0.25, 0.3) is 0 Å². The monoisotopic (exact) mass is 341 g/mol. The Labute approximate surface area is 144 Å². The van der Waals surface area contributed by atoms with E-state index in [9.17, 15) is 0 Å². The number of thiophene rings is 1. The number of aryl methyl sites for hydroxylation is 2. The van der Waals surface area contributed by atoms with E-state index in [0.717, 1.165) is 28.6 Å². The van der Waals surface area contributed by atoms with Crippen molar-refractivity contribution in [2.75, 3.05) is 0 Å². The van der Waals surface area contributed by atoms with Gasteiger partial charge in [-0.25, -0.2) is 4.98 Å². The van der Waals surface area contributed by atoms with Crippen LogP contribution in [0.4, 0.5) is 0 Å². The van der Waals surface area contributed by atoms with Gasteiger partial charge in [0.2, 0.25) is 0 Å². The highest BCUT2D eigenvalue weighted by atomic mass is 35.5. The van der Waals surface area contributed by atoms with Crippen LogP contribution in [0.5, 0.6) is 0 Å². The van der Waals surface area contributed by atoms with Gasteiger partial charge < -0.3 is 5.43 Å². The number of hydrogen-bond acceptors (Lipinski definition) is 4. The number of nitrogens with zero attached hydrogens (tertiary/aromatic N) is 2. The van der Waals surface area contributed by atoms with Crippen LogP contribution < -0.4 is 5.43 Å². The number of fused-ring (bicyclic) bond motifs is 1. The van der Waals surface area contributed by atoms with Gasteiger partial charge in [0.05, 0.1) is 22.1 Å². The second-order valence-electron chi connectivity index (χ2n) is 6.00. The fraction of sp³-hybridized carbons (Fsp3) is 0.222. The second kappa shape index (κ2) is 5.62. The third-order valence-corrected chi connectivity index (χ3v) is 5.50. The molecule has 3 heterocycles. The highest BCUT2D eigenvalue weighted by Crippen LogP contribution is 2.32. The lowest BCUT2D eigenvalue weighted by Gasteiger charge is -2.13. The lowest BCUT2D eigenvalue weighted by molar-refractivity contribution is 0.619. The fourth-order valence-corrected chi connectivity index (χ4v) is 4.05. The average Bonchev–Trinajstić information content (AvgIpc) is 3.15. The average molecular weight is 342 g/mol. The smallest absolute Gasteiger partial charge is 0.135 e. The van der Waals surface area contributed by atoms with Crippen LogP contribution in [-0.4, -0.2) is 10.7 Å². The number of rotatable bonds is 2. The summed E-state index contributed by atoms with van der Waals surface area (Å²) in [6.07, 6.45) is 0.832. The molecule has 1 unspecified atom stereocenters. The highest BCUT2D eigenvalue weighted by Gasteiger charge is 2.24. The lowest BCUT2D eigenvalue weighted by Crippen LogP contribution is -2.11. The quantitative estimate of drug-likeness (QED) is 0.665. The SMILES string of the molecule is Cc1csc(C2=NNC(c3cc4ccc(C)cc4nc3Cl)C2)c1. The van der Waals surface area contributed by atoms with Crippen molar-refractivity contribution in [3.63, 3.8) is 0 Å². The normalized spacial score (nSPS) is 17.3. The Hall–Kier alpha value is -1.91. The second-order valence-corrected chi connectivity index (χ2v) is 7.27. The molecule has 3 nitrogen and oxygen atoms in total. The van der Waals surface area contributed by atoms with E-state index in [1.54, 1.807) is 11.3 Å². The summed E-state index contributed by atoms with van der Waals surface area (Å²) in [5, 5.41) is 8.32. The zero-order valence-corrected chi connectivity index (χ0v) is 14.5. The predicted octanol–water partition coefficient (Wildman–Crippen LogP) is 5.01. The van der Waals surface area contributed by atoms with Crippen molar-refractivity contribution >= 4 is 39.6 Å². The Bertz CT molecular complexity index is 929. The molecule has 116 valence electrons. The van der Waals surface area contributed by atoms with Crippen LogP contribution in [0.15, 0.2) is 40.8 Å². The first-order valence-electron chi connectivity index (χ1n) is 7.54. The molecular weight excluding hydrogens is 326 g/mol. The number of aromatic nitrogens is 1. The van der Waals surface area contributed by atoms with E-state index < -0.39 is 0 Å². The third kappa shape index (κ3) is 2.73. The van der Waals surface area contributed by atoms with E-state index in [1.165, 1.54) is 16.0 Å². The minimum absolute atomic E-state index is 0.0816. The van der Waals surface area contributed by atoms with Crippen molar-refractivity contribution in [3.8, 4) is 0 Å². The summed E-state index contributed by atoms with van der Waals surface area (Å²) in [6.45, 7) is 4.16. The number of benzene rings is 1. The third-order valence-electron chi connectivity index (χ3n) is 4.10. The fourth-order valence-electron chi connectivity index (χ4n) is 2.87. The molecule has 0 fully saturated rings. The molecule has 1 aromatic carbocycles. The van der Waals surface area contributed by atoms with E-state index >= 15 is 0 Å². The van der Waals surface area contributed by atoms with Crippen molar-refractivity contribution < 1.29 is 0 Å². The van der Waals surface area contributed by atoms with Crippen LogP contribution in [0.2, 0.25) is 5.15 Å². The summed E-state index contributed by atoms with van der Waals surface area (Å²) in [5.41, 5.74) is 8.72. The van der Waals surface area contributed by atoms with Crippen molar-refractivity contribution in [3.05, 3.63) is 62.4 Å². The molecule has 1 atom stereocenters. The van der Waals surface area contributed by atoms with Gasteiger partial charge in [-0.15, -0.1) is 11.3 Å². The van der Waals surface area contributed by atoms with Crippen LogP contribution in [-0.2, 0) is 0 Å². The maximum absolute atomic E-state index is 6.43. The first-order chi connectivity index (χ1) is 11.1. The number of halogens is 1. The van der Waals surface area contributed by atoms with Crippen LogP contribution in [0.25, 0.3) is 10.9 Å². The van der Waals surface area contributed by atoms with Gasteiger partial charge in [0.15, 0.2) is 0 Å². The van der Waals surface area contributed by atoms with E-state index in [1.807, 2.05) is 0 Å². The summed E-state index contributed by atoms with van der Waals surface area (Å²) in [5.74, 6) is 0. The molecule has 1 aliphatic heterocycles. The molecule has 1 aliphatic rings. The molecule has 0 saturated carbocycles. The van der Waals surface area contributed by atoms with Gasteiger partial charge in [0, 0.05) is 17.4 Å². The largest absolute Gasteiger partial charge is 0.302 e. The molecule has 0 saturated heterocycles. The molecule has 5 heteroatoms. The molecule has 0 bridgehead atoms. The molecule has 0 radical (unpaired) electrons. The lowest BCUT2D eigenvalue weighted by atomic mass is 10.0. The molecule has 1 N–H and O–H groups in total. The van der Waals surface area contributed by atoms with Gasteiger partial charge >= 0.3 is 0 Å². The number of nitrogens with one attached hydrogen (secondary N) is 1. The van der Waals surface area contributed by atoms with Gasteiger partial charge in [-0.05, 0) is 48.6 Å². The summed E-state index contributed by atoms with van der Waals surface area (Å²) in [6, 6.07) is 10.6. The number of pyridine rings is 1. The Morgan fingerprint density at radius 2 is 2.04 bits per heavy atom. The van der Waals surface area contributed by atoms with Gasteiger partial charge in [-0.2, -0.15) is 5.10 Å². The standard InChI is InChI=1S/C18H16ClN3S/c1-10-3-4-12-7-13(18(19)20-14(12)5-10)15-8-16(22-21-15)17-6-11(2)9-23-17/h3-7,9,15,21H,8H2,1-2H3. The highest BCUT2D eigenvalue weighted by molar-refractivity contribution is 7.12. The summed E-state index contributed by atoms with van der Waals surface area (Å²) < 4.78 is 0. The Kier molecular flexibility index (Phi) is 3.58. The first-order valence-corrected chi connectivity index (χ1v) is 8.80. The Balaban J connectivity index is 1.65. The van der Waals surface area contributed by atoms with Crippen molar-refractivity contribution in [2.24, 2.45) is 5.10 Å². The minimum atomic E-state index is 0.0816. The number of hydrazone groups is 1.